The number of aryl methyl sites for hydroxylation is 1. The zero-order valence-electron chi connectivity index (χ0n) is 19.5. The van der Waals surface area contributed by atoms with Crippen molar-refractivity contribution in [3.05, 3.63) is 53.6 Å². The third-order valence-corrected chi connectivity index (χ3v) is 6.34. The van der Waals surface area contributed by atoms with Gasteiger partial charge in [0.05, 0.1) is 6.61 Å². The number of rotatable bonds is 9. The molecule has 0 spiro atoms. The summed E-state index contributed by atoms with van der Waals surface area (Å²) < 4.78 is 5.54. The van der Waals surface area contributed by atoms with Crippen molar-refractivity contribution in [3.8, 4) is 5.75 Å². The average molecular weight is 440 g/mol. The Kier molecular flexibility index (Phi) is 8.59. The second kappa shape index (κ2) is 11.4. The van der Waals surface area contributed by atoms with Gasteiger partial charge in [0, 0.05) is 37.1 Å². The molecule has 1 unspecified atom stereocenters. The Morgan fingerprint density at radius 1 is 1.16 bits per heavy atom. The molecule has 168 valence electrons. The molecule has 1 N–H and O–H groups in total. The molecule has 1 heterocycles. The van der Waals surface area contributed by atoms with Crippen LogP contribution in [0, 0.1) is 0 Å². The van der Waals surface area contributed by atoms with Crippen molar-refractivity contribution in [1.82, 2.24) is 4.90 Å². The van der Waals surface area contributed by atoms with E-state index in [2.05, 4.69) is 54.1 Å². The summed E-state index contributed by atoms with van der Waals surface area (Å²) in [5.74, 6) is 0.879. The van der Waals surface area contributed by atoms with Crippen molar-refractivity contribution in [2.45, 2.75) is 66.0 Å². The standard InChI is InChI=1S/C26H37N3OS/c1-5-16-28-17-8-9-22-18-21(10-15-25(22)28)19-29(20(4)6-2)26(31)27-23-11-13-24(14-12-23)30-7-3/h10-15,18,20H,5-9,16-17,19H2,1-4H3,(H,27,31). The van der Waals surface area contributed by atoms with Gasteiger partial charge in [0.25, 0.3) is 0 Å². The molecule has 31 heavy (non-hydrogen) atoms. The highest BCUT2D eigenvalue weighted by atomic mass is 32.1. The molecular weight excluding hydrogens is 402 g/mol. The molecule has 0 amide bonds. The summed E-state index contributed by atoms with van der Waals surface area (Å²) in [5, 5.41) is 4.19. The van der Waals surface area contributed by atoms with E-state index in [0.717, 1.165) is 36.1 Å². The minimum absolute atomic E-state index is 0.357. The predicted molar refractivity (Wildman–Crippen MR) is 136 cm³/mol. The van der Waals surface area contributed by atoms with Gasteiger partial charge in [-0.25, -0.2) is 0 Å². The maximum absolute atomic E-state index is 5.83. The predicted octanol–water partition coefficient (Wildman–Crippen LogP) is 6.25. The van der Waals surface area contributed by atoms with Gasteiger partial charge in [-0.05, 0) is 93.2 Å². The first-order chi connectivity index (χ1) is 15.0. The molecule has 0 saturated carbocycles. The molecule has 0 saturated heterocycles. The van der Waals surface area contributed by atoms with Gasteiger partial charge in [-0.3, -0.25) is 0 Å². The lowest BCUT2D eigenvalue weighted by molar-refractivity contribution is 0.319. The van der Waals surface area contributed by atoms with Gasteiger partial charge >= 0.3 is 0 Å². The molecule has 1 aliphatic heterocycles. The van der Waals surface area contributed by atoms with Crippen LogP contribution in [0.3, 0.4) is 0 Å². The molecule has 0 fully saturated rings. The van der Waals surface area contributed by atoms with Crippen LogP contribution in [0.25, 0.3) is 0 Å². The average Bonchev–Trinajstić information content (AvgIpc) is 2.78. The number of anilines is 2. The van der Waals surface area contributed by atoms with Crippen LogP contribution in [0.4, 0.5) is 11.4 Å². The van der Waals surface area contributed by atoms with Crippen LogP contribution in [0.1, 0.15) is 58.1 Å². The molecule has 0 radical (unpaired) electrons. The number of ether oxygens (including phenoxy) is 1. The molecular formula is C26H37N3OS. The van der Waals surface area contributed by atoms with E-state index in [1.807, 2.05) is 31.2 Å². The van der Waals surface area contributed by atoms with E-state index in [9.17, 15) is 0 Å². The smallest absolute Gasteiger partial charge is 0.173 e. The normalized spacial score (nSPS) is 14.0. The fourth-order valence-corrected chi connectivity index (χ4v) is 4.53. The van der Waals surface area contributed by atoms with Crippen LogP contribution >= 0.6 is 12.2 Å². The summed E-state index contributed by atoms with van der Waals surface area (Å²) in [5.41, 5.74) is 5.21. The Hall–Kier alpha value is -2.27. The van der Waals surface area contributed by atoms with Gasteiger partial charge in [-0.15, -0.1) is 0 Å². The molecule has 0 bridgehead atoms. The highest BCUT2D eigenvalue weighted by molar-refractivity contribution is 7.80. The van der Waals surface area contributed by atoms with Gasteiger partial charge in [0.2, 0.25) is 0 Å². The van der Waals surface area contributed by atoms with Crippen molar-refractivity contribution in [3.63, 3.8) is 0 Å². The molecule has 2 aromatic carbocycles. The van der Waals surface area contributed by atoms with Crippen molar-refractivity contribution in [2.24, 2.45) is 0 Å². The second-order valence-electron chi connectivity index (χ2n) is 8.33. The van der Waals surface area contributed by atoms with Crippen LogP contribution in [-0.2, 0) is 13.0 Å². The Morgan fingerprint density at radius 2 is 1.94 bits per heavy atom. The van der Waals surface area contributed by atoms with Gasteiger partial charge < -0.3 is 19.9 Å². The van der Waals surface area contributed by atoms with Crippen molar-refractivity contribution < 1.29 is 4.74 Å². The van der Waals surface area contributed by atoms with Gasteiger partial charge in [-0.1, -0.05) is 26.0 Å². The van der Waals surface area contributed by atoms with E-state index in [1.54, 1.807) is 0 Å². The number of hydrogen-bond acceptors (Lipinski definition) is 3. The van der Waals surface area contributed by atoms with Gasteiger partial charge in [-0.2, -0.15) is 0 Å². The van der Waals surface area contributed by atoms with Crippen LogP contribution in [-0.4, -0.2) is 35.8 Å². The van der Waals surface area contributed by atoms with Crippen molar-refractivity contribution in [1.29, 1.82) is 0 Å². The Balaban J connectivity index is 1.73. The lowest BCUT2D eigenvalue weighted by atomic mass is 9.98. The first-order valence-corrected chi connectivity index (χ1v) is 12.1. The Labute approximate surface area is 193 Å². The maximum atomic E-state index is 5.83. The minimum atomic E-state index is 0.357. The van der Waals surface area contributed by atoms with E-state index in [-0.39, 0.29) is 0 Å². The summed E-state index contributed by atoms with van der Waals surface area (Å²) in [4.78, 5) is 4.84. The SMILES string of the molecule is CCCN1CCCc2cc(CN(C(=S)Nc3ccc(OCC)cc3)C(C)CC)ccc21. The van der Waals surface area contributed by atoms with E-state index in [4.69, 9.17) is 17.0 Å². The van der Waals surface area contributed by atoms with Crippen LogP contribution < -0.4 is 15.0 Å². The molecule has 1 atom stereocenters. The summed E-state index contributed by atoms with van der Waals surface area (Å²) in [7, 11) is 0. The molecule has 5 heteroatoms. The molecule has 2 aromatic rings. The summed E-state index contributed by atoms with van der Waals surface area (Å²) >= 11 is 5.83. The van der Waals surface area contributed by atoms with Crippen molar-refractivity contribution >= 4 is 28.7 Å². The summed E-state index contributed by atoms with van der Waals surface area (Å²) in [6, 6.07) is 15.3. The number of fused-ring (bicyclic) bond motifs is 1. The largest absolute Gasteiger partial charge is 0.494 e. The zero-order valence-corrected chi connectivity index (χ0v) is 20.3. The summed E-state index contributed by atoms with van der Waals surface area (Å²) in [6.07, 6.45) is 4.64. The molecule has 0 aromatic heterocycles. The minimum Gasteiger partial charge on any atom is -0.494 e. The van der Waals surface area contributed by atoms with Crippen LogP contribution in [0.2, 0.25) is 0 Å². The number of hydrogen-bond donors (Lipinski definition) is 1. The van der Waals surface area contributed by atoms with E-state index >= 15 is 0 Å². The zero-order chi connectivity index (χ0) is 22.2. The van der Waals surface area contributed by atoms with Gasteiger partial charge in [0.1, 0.15) is 5.75 Å². The van der Waals surface area contributed by atoms with E-state index in [1.165, 1.54) is 42.6 Å². The topological polar surface area (TPSA) is 27.7 Å². The highest BCUT2D eigenvalue weighted by Gasteiger charge is 2.20. The van der Waals surface area contributed by atoms with Gasteiger partial charge in [0.15, 0.2) is 5.11 Å². The lowest BCUT2D eigenvalue weighted by Crippen LogP contribution is -2.40. The Bertz CT molecular complexity index is 852. The number of benzene rings is 2. The maximum Gasteiger partial charge on any atom is 0.173 e. The third kappa shape index (κ3) is 6.13. The molecule has 0 aliphatic carbocycles. The number of nitrogens with zero attached hydrogens (tertiary/aromatic N) is 2. The molecule has 3 rings (SSSR count). The summed E-state index contributed by atoms with van der Waals surface area (Å²) in [6.45, 7) is 12.5. The van der Waals surface area contributed by atoms with E-state index in [0.29, 0.717) is 12.6 Å². The Morgan fingerprint density at radius 3 is 2.61 bits per heavy atom. The fraction of sp³-hybridized carbons (Fsp3) is 0.500. The lowest BCUT2D eigenvalue weighted by Gasteiger charge is -2.33. The second-order valence-corrected chi connectivity index (χ2v) is 8.71. The van der Waals surface area contributed by atoms with Crippen LogP contribution in [0.5, 0.6) is 5.75 Å². The monoisotopic (exact) mass is 439 g/mol. The first-order valence-electron chi connectivity index (χ1n) is 11.7. The fourth-order valence-electron chi connectivity index (χ4n) is 4.17. The molecule has 1 aliphatic rings. The van der Waals surface area contributed by atoms with E-state index < -0.39 is 0 Å². The molecule has 4 nitrogen and oxygen atoms in total. The third-order valence-electron chi connectivity index (χ3n) is 6.01. The first kappa shape index (κ1) is 23.4. The highest BCUT2D eigenvalue weighted by Crippen LogP contribution is 2.29. The number of thiocarbonyl (C=S) groups is 1. The van der Waals surface area contributed by atoms with Crippen molar-refractivity contribution in [2.75, 3.05) is 29.9 Å². The quantitative estimate of drug-likeness (QED) is 0.467. The van der Waals surface area contributed by atoms with Crippen LogP contribution in [0.15, 0.2) is 42.5 Å². The number of nitrogens with one attached hydrogen (secondary N) is 1.